The molecule has 2 aromatic carbocycles. The summed E-state index contributed by atoms with van der Waals surface area (Å²) in [7, 11) is 1.48. The molecule has 37 heavy (non-hydrogen) atoms. The van der Waals surface area contributed by atoms with Crippen molar-refractivity contribution in [2.24, 2.45) is 0 Å². The van der Waals surface area contributed by atoms with E-state index >= 15 is 0 Å². The molecule has 2 N–H and O–H groups in total. The van der Waals surface area contributed by atoms with Gasteiger partial charge in [0.15, 0.2) is 5.76 Å². The number of halogens is 2. The lowest BCUT2D eigenvalue weighted by atomic mass is 10.0. The molecule has 0 radical (unpaired) electrons. The third-order valence-corrected chi connectivity index (χ3v) is 6.30. The molecule has 9 nitrogen and oxygen atoms in total. The number of phenols is 1. The second-order valence-corrected chi connectivity index (χ2v) is 9.07. The predicted molar refractivity (Wildman–Crippen MR) is 133 cm³/mol. The number of nitrogens with zero attached hydrogens (tertiary/aromatic N) is 2. The predicted octanol–water partition coefficient (Wildman–Crippen LogP) is 4.91. The Hall–Kier alpha value is -3.63. The second kappa shape index (κ2) is 12.1. The number of methoxy groups -OCH3 is 1. The van der Waals surface area contributed by atoms with E-state index in [0.29, 0.717) is 17.7 Å². The topological polar surface area (TPSA) is 114 Å². The number of carbonyl (C=O) groups is 2. The molecule has 11 heteroatoms. The van der Waals surface area contributed by atoms with Gasteiger partial charge in [0.05, 0.1) is 23.4 Å². The van der Waals surface area contributed by atoms with Gasteiger partial charge in [-0.05, 0) is 49.1 Å². The Balaban J connectivity index is 0.000000265. The summed E-state index contributed by atoms with van der Waals surface area (Å²) in [4.78, 5) is 29.0. The van der Waals surface area contributed by atoms with Crippen molar-refractivity contribution in [2.45, 2.75) is 38.5 Å². The summed E-state index contributed by atoms with van der Waals surface area (Å²) in [5.41, 5.74) is 0.625. The quantitative estimate of drug-likeness (QED) is 0.464. The highest BCUT2D eigenvalue weighted by Crippen LogP contribution is 2.32. The number of amides is 2. The Morgan fingerprint density at radius 1 is 1.30 bits per heavy atom. The van der Waals surface area contributed by atoms with Crippen LogP contribution in [0, 0.1) is 5.82 Å². The number of hydrogen-bond donors (Lipinski definition) is 2. The fourth-order valence-corrected chi connectivity index (χ4v) is 4.23. The lowest BCUT2D eigenvalue weighted by molar-refractivity contribution is 0.0946. The minimum absolute atomic E-state index is 0.0941. The molecule has 2 saturated heterocycles. The number of carbonyl (C=O) groups excluding carboxylic acids is 2. The van der Waals surface area contributed by atoms with Gasteiger partial charge in [0.25, 0.3) is 5.91 Å². The highest BCUT2D eigenvalue weighted by atomic mass is 35.5. The van der Waals surface area contributed by atoms with Gasteiger partial charge in [-0.2, -0.15) is 0 Å². The van der Waals surface area contributed by atoms with E-state index in [4.69, 9.17) is 25.5 Å². The fourth-order valence-electron chi connectivity index (χ4n) is 4.10. The van der Waals surface area contributed by atoms with Crippen LogP contribution < -0.4 is 5.32 Å². The molecule has 5 rings (SSSR count). The van der Waals surface area contributed by atoms with Crippen LogP contribution in [0.15, 0.2) is 47.0 Å². The molecule has 3 heterocycles. The van der Waals surface area contributed by atoms with Crippen molar-refractivity contribution in [1.29, 1.82) is 0 Å². The first kappa shape index (κ1) is 26.4. The van der Waals surface area contributed by atoms with Crippen molar-refractivity contribution in [1.82, 2.24) is 15.2 Å². The fraction of sp³-hybridized carbons (Fsp3) is 0.346. The molecule has 0 spiro atoms. The zero-order chi connectivity index (χ0) is 26.4. The smallest absolute Gasteiger partial charge is 0.410 e. The van der Waals surface area contributed by atoms with Crippen molar-refractivity contribution < 1.29 is 33.0 Å². The first-order valence-corrected chi connectivity index (χ1v) is 12.2. The van der Waals surface area contributed by atoms with Crippen LogP contribution in [0.5, 0.6) is 5.75 Å². The zero-order valence-corrected chi connectivity index (χ0v) is 21.0. The lowest BCUT2D eigenvalue weighted by Crippen LogP contribution is -2.37. The number of hydrogen-bond acceptors (Lipinski definition) is 7. The Labute approximate surface area is 218 Å². The second-order valence-electron chi connectivity index (χ2n) is 8.63. The Kier molecular flexibility index (Phi) is 8.62. The molecule has 3 aromatic rings. The van der Waals surface area contributed by atoms with E-state index in [1.807, 2.05) is 4.90 Å². The summed E-state index contributed by atoms with van der Waals surface area (Å²) < 4.78 is 29.6. The van der Waals surface area contributed by atoms with Gasteiger partial charge in [0, 0.05) is 25.2 Å². The van der Waals surface area contributed by atoms with Crippen molar-refractivity contribution in [3.05, 3.63) is 70.5 Å². The Bertz CT molecular complexity index is 1250. The van der Waals surface area contributed by atoms with Crippen LogP contribution in [-0.4, -0.2) is 53.3 Å². The van der Waals surface area contributed by atoms with Gasteiger partial charge in [0.1, 0.15) is 24.8 Å². The maximum absolute atomic E-state index is 14.4. The van der Waals surface area contributed by atoms with Gasteiger partial charge in [0.2, 0.25) is 5.89 Å². The Morgan fingerprint density at radius 2 is 2.08 bits per heavy atom. The molecule has 2 fully saturated rings. The highest BCUT2D eigenvalue weighted by Gasteiger charge is 2.34. The first-order valence-electron chi connectivity index (χ1n) is 11.8. The number of cyclic esters (lactones) is 1. The van der Waals surface area contributed by atoms with Gasteiger partial charge in [-0.1, -0.05) is 23.7 Å². The third kappa shape index (κ3) is 6.58. The number of oxazole rings is 1. The van der Waals surface area contributed by atoms with Gasteiger partial charge >= 0.3 is 6.09 Å². The molecule has 0 saturated carbocycles. The number of aromatic nitrogens is 1. The highest BCUT2D eigenvalue weighted by molar-refractivity contribution is 6.30. The molecule has 2 aliphatic rings. The van der Waals surface area contributed by atoms with Crippen LogP contribution in [0.1, 0.15) is 41.1 Å². The van der Waals surface area contributed by atoms with Crippen molar-refractivity contribution in [2.75, 3.05) is 20.3 Å². The Morgan fingerprint density at radius 3 is 2.81 bits per heavy atom. The number of phenolic OH excluding ortho intramolecular Hbond substituents is 1. The summed E-state index contributed by atoms with van der Waals surface area (Å²) in [6, 6.07) is 9.38. The molecule has 2 amide bonds. The SMILES string of the molecule is COCc1ncc(-c2cc(F)c(C(=O)NCc3ccc(Cl)cc3)cc2O)o1.O=C1OCC2CCCCN12. The van der Waals surface area contributed by atoms with Crippen LogP contribution in [0.2, 0.25) is 5.02 Å². The molecule has 1 aromatic heterocycles. The molecule has 0 bridgehead atoms. The third-order valence-electron chi connectivity index (χ3n) is 6.04. The monoisotopic (exact) mass is 531 g/mol. The van der Waals surface area contributed by atoms with Crippen LogP contribution in [0.3, 0.4) is 0 Å². The maximum atomic E-state index is 14.4. The molecule has 1 atom stereocenters. The molecular formula is C26H27ClFN3O6. The van der Waals surface area contributed by atoms with Crippen LogP contribution in [0.4, 0.5) is 9.18 Å². The van der Waals surface area contributed by atoms with Crippen molar-refractivity contribution in [3.63, 3.8) is 0 Å². The number of piperidine rings is 1. The number of rotatable bonds is 6. The summed E-state index contributed by atoms with van der Waals surface area (Å²) in [6.45, 7) is 1.87. The van der Waals surface area contributed by atoms with E-state index in [9.17, 15) is 19.1 Å². The zero-order valence-electron chi connectivity index (χ0n) is 20.2. The van der Waals surface area contributed by atoms with Crippen LogP contribution in [-0.2, 0) is 22.6 Å². The molecular weight excluding hydrogens is 505 g/mol. The van der Waals surface area contributed by atoms with Gasteiger partial charge in [-0.3, -0.25) is 4.79 Å². The normalized spacial score (nSPS) is 16.5. The van der Waals surface area contributed by atoms with Gasteiger partial charge in [-0.15, -0.1) is 0 Å². The summed E-state index contributed by atoms with van der Waals surface area (Å²) in [5.74, 6) is -1.28. The minimum Gasteiger partial charge on any atom is -0.507 e. The average Bonchev–Trinajstić information content (AvgIpc) is 3.52. The van der Waals surface area contributed by atoms with Crippen molar-refractivity contribution >= 4 is 23.6 Å². The van der Waals surface area contributed by atoms with E-state index in [1.54, 1.807) is 24.3 Å². The number of ether oxygens (including phenoxy) is 2. The standard InChI is InChI=1S/C19H16ClFN2O4.C7H11NO2/c1-26-10-18-22-9-17(27-18)14-6-15(21)13(7-16(14)24)19(25)23-8-11-2-4-12(20)5-3-11;9-7-8-4-2-1-3-6(8)5-10-7/h2-7,9,24H,8,10H2,1H3,(H,23,25);6H,1-5H2. The average molecular weight is 532 g/mol. The summed E-state index contributed by atoms with van der Waals surface area (Å²) in [5, 5.41) is 13.4. The molecule has 1 unspecified atom stereocenters. The minimum atomic E-state index is -0.791. The maximum Gasteiger partial charge on any atom is 0.410 e. The summed E-state index contributed by atoms with van der Waals surface area (Å²) in [6.07, 6.45) is 4.77. The van der Waals surface area contributed by atoms with E-state index in [-0.39, 0.29) is 47.8 Å². The summed E-state index contributed by atoms with van der Waals surface area (Å²) >= 11 is 5.81. The molecule has 2 aliphatic heterocycles. The van der Waals surface area contributed by atoms with E-state index < -0.39 is 11.7 Å². The van der Waals surface area contributed by atoms with E-state index in [1.165, 1.54) is 19.7 Å². The number of benzene rings is 2. The number of fused-ring (bicyclic) bond motifs is 1. The molecule has 0 aliphatic carbocycles. The van der Waals surface area contributed by atoms with Crippen LogP contribution >= 0.6 is 11.6 Å². The number of aromatic hydroxyl groups is 1. The lowest BCUT2D eigenvalue weighted by Gasteiger charge is -2.25. The van der Waals surface area contributed by atoms with Crippen LogP contribution in [0.25, 0.3) is 11.3 Å². The number of nitrogens with one attached hydrogen (secondary N) is 1. The largest absolute Gasteiger partial charge is 0.507 e. The molecule has 196 valence electrons. The van der Waals surface area contributed by atoms with E-state index in [0.717, 1.165) is 37.1 Å². The first-order chi connectivity index (χ1) is 17.9. The van der Waals surface area contributed by atoms with E-state index in [2.05, 4.69) is 10.3 Å². The van der Waals surface area contributed by atoms with Gasteiger partial charge in [-0.25, -0.2) is 14.2 Å². The van der Waals surface area contributed by atoms with Crippen molar-refractivity contribution in [3.8, 4) is 17.1 Å². The van der Waals surface area contributed by atoms with Gasteiger partial charge < -0.3 is 29.2 Å².